The molecule has 2 aromatic carbocycles. The fourth-order valence-electron chi connectivity index (χ4n) is 3.15. The zero-order chi connectivity index (χ0) is 21.3. The molecule has 156 valence electrons. The van der Waals surface area contributed by atoms with E-state index in [0.717, 1.165) is 5.69 Å². The molecule has 0 saturated carbocycles. The smallest absolute Gasteiger partial charge is 0.276 e. The Bertz CT molecular complexity index is 1180. The zero-order valence-electron chi connectivity index (χ0n) is 15.6. The SMILES string of the molecule is O=C(c1cnn(-c2ccccc2)n1)N1CCN(S(=O)(=O)c2cc(Cl)ccc2Cl)CC1. The summed E-state index contributed by atoms with van der Waals surface area (Å²) in [6.45, 7) is 0.746. The average Bonchev–Trinajstić information content (AvgIpc) is 3.26. The Morgan fingerprint density at radius 2 is 1.67 bits per heavy atom. The van der Waals surface area contributed by atoms with Crippen molar-refractivity contribution in [1.82, 2.24) is 24.2 Å². The monoisotopic (exact) mass is 465 g/mol. The second-order valence-electron chi connectivity index (χ2n) is 6.63. The van der Waals surface area contributed by atoms with E-state index in [0.29, 0.717) is 0 Å². The van der Waals surface area contributed by atoms with Crippen molar-refractivity contribution < 1.29 is 13.2 Å². The summed E-state index contributed by atoms with van der Waals surface area (Å²) in [4.78, 5) is 15.7. The second-order valence-corrected chi connectivity index (χ2v) is 9.38. The lowest BCUT2D eigenvalue weighted by Gasteiger charge is -2.33. The van der Waals surface area contributed by atoms with Gasteiger partial charge >= 0.3 is 0 Å². The standard InChI is InChI=1S/C19H17Cl2N5O3S/c20-14-6-7-16(21)18(12-14)30(28,29)25-10-8-24(9-11-25)19(27)17-13-22-26(23-17)15-4-2-1-3-5-15/h1-7,12-13H,8-11H2. The summed E-state index contributed by atoms with van der Waals surface area (Å²) < 4.78 is 27.1. The molecule has 3 aromatic rings. The minimum atomic E-state index is -3.81. The Kier molecular flexibility index (Phi) is 5.79. The Morgan fingerprint density at radius 1 is 0.967 bits per heavy atom. The van der Waals surface area contributed by atoms with E-state index in [1.54, 1.807) is 4.90 Å². The average molecular weight is 466 g/mol. The number of nitrogens with zero attached hydrogens (tertiary/aromatic N) is 5. The molecule has 0 atom stereocenters. The molecule has 0 radical (unpaired) electrons. The summed E-state index contributed by atoms with van der Waals surface area (Å²) in [5.74, 6) is -0.296. The molecule has 1 aromatic heterocycles. The highest BCUT2D eigenvalue weighted by atomic mass is 35.5. The molecular formula is C19H17Cl2N5O3S. The molecule has 0 unspecified atom stereocenters. The number of carbonyl (C=O) groups is 1. The molecule has 30 heavy (non-hydrogen) atoms. The van der Waals surface area contributed by atoms with Crippen LogP contribution in [0.15, 0.2) is 59.6 Å². The third-order valence-corrected chi connectivity index (χ3v) is 7.35. The van der Waals surface area contributed by atoms with E-state index in [1.807, 2.05) is 30.3 Å². The fraction of sp³-hybridized carbons (Fsp3) is 0.211. The quantitative estimate of drug-likeness (QED) is 0.590. The number of piperazine rings is 1. The molecule has 0 aliphatic carbocycles. The van der Waals surface area contributed by atoms with Gasteiger partial charge in [0.2, 0.25) is 10.0 Å². The maximum Gasteiger partial charge on any atom is 0.276 e. The number of amides is 1. The molecule has 4 rings (SSSR count). The minimum absolute atomic E-state index is 0.0396. The van der Waals surface area contributed by atoms with Crippen molar-refractivity contribution in [2.75, 3.05) is 26.2 Å². The lowest BCUT2D eigenvalue weighted by molar-refractivity contribution is 0.0691. The van der Waals surface area contributed by atoms with Crippen molar-refractivity contribution in [3.05, 3.63) is 70.5 Å². The lowest BCUT2D eigenvalue weighted by Crippen LogP contribution is -2.50. The van der Waals surface area contributed by atoms with Crippen LogP contribution in [0.2, 0.25) is 10.0 Å². The summed E-state index contributed by atoms with van der Waals surface area (Å²) in [6, 6.07) is 13.6. The van der Waals surface area contributed by atoms with E-state index in [1.165, 1.54) is 33.5 Å². The molecule has 0 spiro atoms. The molecule has 8 nitrogen and oxygen atoms in total. The number of hydrogen-bond acceptors (Lipinski definition) is 5. The molecule has 1 amide bonds. The number of para-hydroxylation sites is 1. The zero-order valence-corrected chi connectivity index (χ0v) is 18.0. The van der Waals surface area contributed by atoms with Crippen LogP contribution in [0.3, 0.4) is 0 Å². The normalized spacial score (nSPS) is 15.3. The first-order valence-electron chi connectivity index (χ1n) is 9.08. The Labute approximate surface area is 183 Å². The summed E-state index contributed by atoms with van der Waals surface area (Å²) in [6.07, 6.45) is 1.41. The van der Waals surface area contributed by atoms with Crippen LogP contribution in [0.4, 0.5) is 0 Å². The number of rotatable bonds is 4. The highest BCUT2D eigenvalue weighted by Gasteiger charge is 2.32. The van der Waals surface area contributed by atoms with Gasteiger partial charge in [0.05, 0.1) is 16.9 Å². The molecule has 1 saturated heterocycles. The maximum absolute atomic E-state index is 12.9. The van der Waals surface area contributed by atoms with Crippen molar-refractivity contribution in [1.29, 1.82) is 0 Å². The Morgan fingerprint density at radius 3 is 2.37 bits per heavy atom. The summed E-state index contributed by atoms with van der Waals surface area (Å²) in [7, 11) is -3.81. The number of sulfonamides is 1. The van der Waals surface area contributed by atoms with Gasteiger partial charge in [0.25, 0.3) is 5.91 Å². The van der Waals surface area contributed by atoms with Crippen molar-refractivity contribution in [2.45, 2.75) is 4.90 Å². The first-order chi connectivity index (χ1) is 14.4. The molecule has 1 aliphatic heterocycles. The van der Waals surface area contributed by atoms with Gasteiger partial charge in [-0.25, -0.2) is 8.42 Å². The highest BCUT2D eigenvalue weighted by Crippen LogP contribution is 2.28. The van der Waals surface area contributed by atoms with Gasteiger partial charge in [-0.3, -0.25) is 4.79 Å². The molecule has 1 fully saturated rings. The molecule has 0 N–H and O–H groups in total. The first kappa shape index (κ1) is 20.8. The first-order valence-corrected chi connectivity index (χ1v) is 11.3. The molecule has 0 bridgehead atoms. The largest absolute Gasteiger partial charge is 0.335 e. The van der Waals surface area contributed by atoms with Gasteiger partial charge in [0.15, 0.2) is 5.69 Å². The van der Waals surface area contributed by atoms with Gasteiger partial charge < -0.3 is 4.90 Å². The molecule has 1 aliphatic rings. The topological polar surface area (TPSA) is 88.4 Å². The van der Waals surface area contributed by atoms with E-state index < -0.39 is 10.0 Å². The van der Waals surface area contributed by atoms with Gasteiger partial charge in [-0.05, 0) is 30.3 Å². The Hall–Kier alpha value is -2.46. The van der Waals surface area contributed by atoms with Crippen LogP contribution in [0, 0.1) is 0 Å². The van der Waals surface area contributed by atoms with E-state index in [4.69, 9.17) is 23.2 Å². The van der Waals surface area contributed by atoms with E-state index >= 15 is 0 Å². The van der Waals surface area contributed by atoms with Gasteiger partial charge in [-0.1, -0.05) is 41.4 Å². The van der Waals surface area contributed by atoms with Gasteiger partial charge in [0, 0.05) is 31.2 Å². The van der Waals surface area contributed by atoms with Crippen LogP contribution >= 0.6 is 23.2 Å². The second kappa shape index (κ2) is 8.35. The van der Waals surface area contributed by atoms with Crippen molar-refractivity contribution in [2.24, 2.45) is 0 Å². The van der Waals surface area contributed by atoms with Crippen LogP contribution in [-0.2, 0) is 10.0 Å². The highest BCUT2D eigenvalue weighted by molar-refractivity contribution is 7.89. The van der Waals surface area contributed by atoms with Crippen molar-refractivity contribution >= 4 is 39.1 Å². The van der Waals surface area contributed by atoms with E-state index in [-0.39, 0.29) is 52.7 Å². The van der Waals surface area contributed by atoms with Crippen molar-refractivity contribution in [3.63, 3.8) is 0 Å². The summed E-state index contributed by atoms with van der Waals surface area (Å²) in [5, 5.41) is 8.77. The number of benzene rings is 2. The van der Waals surface area contributed by atoms with Gasteiger partial charge in [0.1, 0.15) is 4.90 Å². The summed E-state index contributed by atoms with van der Waals surface area (Å²) in [5.41, 5.74) is 0.943. The lowest BCUT2D eigenvalue weighted by atomic mass is 10.3. The van der Waals surface area contributed by atoms with E-state index in [2.05, 4.69) is 10.2 Å². The Balaban J connectivity index is 1.45. The number of carbonyl (C=O) groups excluding carboxylic acids is 1. The van der Waals surface area contributed by atoms with Crippen LogP contribution in [0.25, 0.3) is 5.69 Å². The summed E-state index contributed by atoms with van der Waals surface area (Å²) >= 11 is 12.0. The minimum Gasteiger partial charge on any atom is -0.335 e. The van der Waals surface area contributed by atoms with E-state index in [9.17, 15) is 13.2 Å². The third kappa shape index (κ3) is 4.06. The van der Waals surface area contributed by atoms with Crippen LogP contribution in [-0.4, -0.2) is 64.7 Å². The number of aromatic nitrogens is 3. The molecule has 2 heterocycles. The fourth-order valence-corrected chi connectivity index (χ4v) is 5.31. The van der Waals surface area contributed by atoms with Crippen LogP contribution < -0.4 is 0 Å². The molecular weight excluding hydrogens is 449 g/mol. The van der Waals surface area contributed by atoms with Gasteiger partial charge in [-0.15, -0.1) is 5.10 Å². The maximum atomic E-state index is 12.9. The predicted molar refractivity (Wildman–Crippen MR) is 112 cm³/mol. The molecule has 11 heteroatoms. The van der Waals surface area contributed by atoms with Gasteiger partial charge in [-0.2, -0.15) is 14.2 Å². The number of hydrogen-bond donors (Lipinski definition) is 0. The van der Waals surface area contributed by atoms with Crippen molar-refractivity contribution in [3.8, 4) is 5.69 Å². The predicted octanol–water partition coefficient (Wildman–Crippen LogP) is 2.72. The number of halogens is 2. The third-order valence-electron chi connectivity index (χ3n) is 4.74. The van der Waals surface area contributed by atoms with Crippen LogP contribution in [0.5, 0.6) is 0 Å². The van der Waals surface area contributed by atoms with Crippen LogP contribution in [0.1, 0.15) is 10.5 Å².